The standard InChI is InChI=1S/C23H36BF3N2O2/c25-23(26,27)20-6-8-21(9-7-20)29-13-10-17(11-14-29)4-5-18-15-19(16-18)22(28)3-1-2-12-24(30)31/h6-9,17-19,22,30-31H,1-5,10-16,28H2. The highest BCUT2D eigenvalue weighted by Crippen LogP contribution is 2.41. The molecule has 1 aliphatic carbocycles. The Morgan fingerprint density at radius 3 is 2.19 bits per heavy atom. The molecule has 1 aromatic rings. The van der Waals surface area contributed by atoms with Crippen LogP contribution in [-0.4, -0.2) is 36.3 Å². The minimum absolute atomic E-state index is 0.235. The zero-order chi connectivity index (χ0) is 22.4. The van der Waals surface area contributed by atoms with Crippen molar-refractivity contribution in [3.8, 4) is 0 Å². The van der Waals surface area contributed by atoms with Crippen LogP contribution >= 0.6 is 0 Å². The number of alkyl halides is 3. The van der Waals surface area contributed by atoms with E-state index < -0.39 is 18.9 Å². The monoisotopic (exact) mass is 440 g/mol. The lowest BCUT2D eigenvalue weighted by Gasteiger charge is -2.40. The second kappa shape index (κ2) is 11.1. The number of benzene rings is 1. The van der Waals surface area contributed by atoms with Crippen molar-refractivity contribution in [3.63, 3.8) is 0 Å². The largest absolute Gasteiger partial charge is 0.451 e. The van der Waals surface area contributed by atoms with Crippen LogP contribution in [0, 0.1) is 17.8 Å². The number of nitrogens with two attached hydrogens (primary N) is 1. The molecule has 0 bridgehead atoms. The number of rotatable bonds is 10. The van der Waals surface area contributed by atoms with E-state index in [9.17, 15) is 13.2 Å². The van der Waals surface area contributed by atoms with Crippen molar-refractivity contribution in [3.05, 3.63) is 29.8 Å². The molecule has 2 fully saturated rings. The number of anilines is 1. The van der Waals surface area contributed by atoms with Gasteiger partial charge in [-0.25, -0.2) is 0 Å². The van der Waals surface area contributed by atoms with Gasteiger partial charge in [0.25, 0.3) is 0 Å². The van der Waals surface area contributed by atoms with Crippen LogP contribution < -0.4 is 10.6 Å². The van der Waals surface area contributed by atoms with Crippen molar-refractivity contribution in [2.45, 2.75) is 76.3 Å². The molecule has 8 heteroatoms. The van der Waals surface area contributed by atoms with E-state index in [1.165, 1.54) is 37.8 Å². The van der Waals surface area contributed by atoms with Gasteiger partial charge in [-0.05, 0) is 80.4 Å². The predicted molar refractivity (Wildman–Crippen MR) is 119 cm³/mol. The van der Waals surface area contributed by atoms with Crippen LogP contribution in [0.25, 0.3) is 0 Å². The van der Waals surface area contributed by atoms with Crippen LogP contribution in [0.5, 0.6) is 0 Å². The number of halogens is 3. The summed E-state index contributed by atoms with van der Waals surface area (Å²) in [6, 6.07) is 5.77. The molecule has 1 aromatic carbocycles. The lowest BCUT2D eigenvalue weighted by molar-refractivity contribution is -0.137. The molecule has 0 spiro atoms. The number of piperidine rings is 1. The van der Waals surface area contributed by atoms with Crippen molar-refractivity contribution in [1.82, 2.24) is 0 Å². The van der Waals surface area contributed by atoms with Crippen LogP contribution in [-0.2, 0) is 6.18 Å². The fourth-order valence-electron chi connectivity index (χ4n) is 5.13. The number of nitrogens with zero attached hydrogens (tertiary/aromatic N) is 1. The summed E-state index contributed by atoms with van der Waals surface area (Å²) >= 11 is 0. The molecule has 3 rings (SSSR count). The van der Waals surface area contributed by atoms with Crippen LogP contribution in [0.1, 0.15) is 63.4 Å². The second-order valence-corrected chi connectivity index (χ2v) is 9.58. The average Bonchev–Trinajstić information content (AvgIpc) is 2.70. The summed E-state index contributed by atoms with van der Waals surface area (Å²) in [7, 11) is -1.20. The molecule has 1 aliphatic heterocycles. The third kappa shape index (κ3) is 7.40. The van der Waals surface area contributed by atoms with Crippen molar-refractivity contribution < 1.29 is 23.2 Å². The van der Waals surface area contributed by atoms with E-state index in [0.29, 0.717) is 18.2 Å². The van der Waals surface area contributed by atoms with E-state index in [1.54, 1.807) is 12.1 Å². The summed E-state index contributed by atoms with van der Waals surface area (Å²) in [5.41, 5.74) is 6.60. The molecule has 0 amide bonds. The highest BCUT2D eigenvalue weighted by molar-refractivity contribution is 6.40. The summed E-state index contributed by atoms with van der Waals surface area (Å²) in [6.45, 7) is 1.83. The molecule has 1 atom stereocenters. The molecule has 1 unspecified atom stereocenters. The van der Waals surface area contributed by atoms with Crippen LogP contribution in [0.3, 0.4) is 0 Å². The first-order valence-corrected chi connectivity index (χ1v) is 11.8. The lowest BCUT2D eigenvalue weighted by Crippen LogP contribution is -2.39. The lowest BCUT2D eigenvalue weighted by atomic mass is 9.68. The Bertz CT molecular complexity index is 658. The minimum Gasteiger partial charge on any atom is -0.427 e. The zero-order valence-electron chi connectivity index (χ0n) is 18.2. The van der Waals surface area contributed by atoms with Gasteiger partial charge in [0.15, 0.2) is 0 Å². The SMILES string of the molecule is NC(CCCCB(O)O)C1CC(CCC2CCN(c3ccc(C(F)(F)F)cc3)CC2)C1. The highest BCUT2D eigenvalue weighted by atomic mass is 19.4. The first-order valence-electron chi connectivity index (χ1n) is 11.8. The quantitative estimate of drug-likeness (QED) is 0.365. The van der Waals surface area contributed by atoms with Gasteiger partial charge in [0, 0.05) is 24.8 Å². The van der Waals surface area contributed by atoms with E-state index in [2.05, 4.69) is 4.90 Å². The Morgan fingerprint density at radius 2 is 1.61 bits per heavy atom. The summed E-state index contributed by atoms with van der Waals surface area (Å²) in [5, 5.41) is 17.8. The Morgan fingerprint density at radius 1 is 1.00 bits per heavy atom. The smallest absolute Gasteiger partial charge is 0.427 e. The molecule has 0 aromatic heterocycles. The molecular weight excluding hydrogens is 404 g/mol. The molecule has 4 nitrogen and oxygen atoms in total. The van der Waals surface area contributed by atoms with Crippen molar-refractivity contribution >= 4 is 12.8 Å². The summed E-state index contributed by atoms with van der Waals surface area (Å²) in [4.78, 5) is 2.20. The molecule has 31 heavy (non-hydrogen) atoms. The Hall–Kier alpha value is -1.25. The fraction of sp³-hybridized carbons (Fsp3) is 0.739. The molecule has 2 aliphatic rings. The Balaban J connectivity index is 1.28. The van der Waals surface area contributed by atoms with Crippen LogP contribution in [0.4, 0.5) is 18.9 Å². The first-order chi connectivity index (χ1) is 14.7. The summed E-state index contributed by atoms with van der Waals surface area (Å²) < 4.78 is 38.2. The molecule has 174 valence electrons. The summed E-state index contributed by atoms with van der Waals surface area (Å²) in [6.07, 6.45) is 6.02. The molecule has 0 radical (unpaired) electrons. The Kier molecular flexibility index (Phi) is 8.70. The zero-order valence-corrected chi connectivity index (χ0v) is 18.2. The fourth-order valence-corrected chi connectivity index (χ4v) is 5.13. The van der Waals surface area contributed by atoms with Gasteiger partial charge in [-0.3, -0.25) is 0 Å². The van der Waals surface area contributed by atoms with E-state index >= 15 is 0 Å². The van der Waals surface area contributed by atoms with Crippen molar-refractivity contribution in [2.24, 2.45) is 23.5 Å². The Labute approximate surface area is 184 Å². The number of hydrogen-bond acceptors (Lipinski definition) is 4. The van der Waals surface area contributed by atoms with Gasteiger partial charge < -0.3 is 20.7 Å². The maximum Gasteiger partial charge on any atom is 0.451 e. The van der Waals surface area contributed by atoms with E-state index in [0.717, 1.165) is 56.8 Å². The van der Waals surface area contributed by atoms with Gasteiger partial charge >= 0.3 is 13.3 Å². The molecule has 1 saturated heterocycles. The third-order valence-corrected chi connectivity index (χ3v) is 7.28. The van der Waals surface area contributed by atoms with E-state index in [4.69, 9.17) is 15.8 Å². The second-order valence-electron chi connectivity index (χ2n) is 9.58. The van der Waals surface area contributed by atoms with E-state index in [-0.39, 0.29) is 6.04 Å². The molecule has 4 N–H and O–H groups in total. The van der Waals surface area contributed by atoms with Crippen LogP contribution in [0.15, 0.2) is 24.3 Å². The van der Waals surface area contributed by atoms with E-state index in [1.807, 2.05) is 0 Å². The van der Waals surface area contributed by atoms with Gasteiger partial charge in [-0.1, -0.05) is 25.7 Å². The van der Waals surface area contributed by atoms with Gasteiger partial charge in [0.1, 0.15) is 0 Å². The maximum absolute atomic E-state index is 12.7. The first kappa shape index (κ1) is 24.4. The van der Waals surface area contributed by atoms with Gasteiger partial charge in [0.2, 0.25) is 0 Å². The van der Waals surface area contributed by atoms with Crippen molar-refractivity contribution in [1.29, 1.82) is 0 Å². The van der Waals surface area contributed by atoms with Gasteiger partial charge in [-0.15, -0.1) is 0 Å². The predicted octanol–water partition coefficient (Wildman–Crippen LogP) is 4.70. The van der Waals surface area contributed by atoms with Gasteiger partial charge in [0.05, 0.1) is 5.56 Å². The molecule has 1 heterocycles. The average molecular weight is 440 g/mol. The highest BCUT2D eigenvalue weighted by Gasteiger charge is 2.34. The topological polar surface area (TPSA) is 69.7 Å². The molecule has 1 saturated carbocycles. The van der Waals surface area contributed by atoms with Crippen molar-refractivity contribution in [2.75, 3.05) is 18.0 Å². The minimum atomic E-state index is -4.28. The summed E-state index contributed by atoms with van der Waals surface area (Å²) in [5.74, 6) is 2.11. The third-order valence-electron chi connectivity index (χ3n) is 7.28. The molecular formula is C23H36BF3N2O2. The number of hydrogen-bond donors (Lipinski definition) is 3. The number of unbranched alkanes of at least 4 members (excludes halogenated alkanes) is 1. The van der Waals surface area contributed by atoms with Crippen LogP contribution in [0.2, 0.25) is 6.32 Å². The maximum atomic E-state index is 12.7. The van der Waals surface area contributed by atoms with Gasteiger partial charge in [-0.2, -0.15) is 13.2 Å². The normalized spacial score (nSPS) is 23.5.